The van der Waals surface area contributed by atoms with Crippen molar-refractivity contribution in [2.24, 2.45) is 0 Å². The zero-order valence-corrected chi connectivity index (χ0v) is 13.4. The first-order valence-electron chi connectivity index (χ1n) is 7.55. The lowest BCUT2D eigenvalue weighted by Gasteiger charge is -2.12. The Hall–Kier alpha value is -3.29. The Kier molecular flexibility index (Phi) is 4.41. The van der Waals surface area contributed by atoms with Gasteiger partial charge >= 0.3 is 5.97 Å². The van der Waals surface area contributed by atoms with E-state index in [1.165, 1.54) is 31.2 Å². The monoisotopic (exact) mass is 363 g/mol. The molecule has 0 radical (unpaired) electrons. The lowest BCUT2D eigenvalue weighted by molar-refractivity contribution is 0.0525. The molecule has 1 heterocycles. The molecule has 134 valence electrons. The Balaban J connectivity index is 2.44. The fourth-order valence-corrected chi connectivity index (χ4v) is 2.57. The van der Waals surface area contributed by atoms with Crippen LogP contribution in [0.5, 0.6) is 5.75 Å². The molecule has 0 amide bonds. The summed E-state index contributed by atoms with van der Waals surface area (Å²) < 4.78 is 46.1. The summed E-state index contributed by atoms with van der Waals surface area (Å²) in [6.45, 7) is 1.50. The number of aromatic amines is 1. The quantitative estimate of drug-likeness (QED) is 0.551. The molecule has 0 saturated carbocycles. The first kappa shape index (κ1) is 17.5. The minimum absolute atomic E-state index is 0.0303. The van der Waals surface area contributed by atoms with Crippen LogP contribution < -0.4 is 5.43 Å². The molecule has 3 rings (SSSR count). The molecule has 2 N–H and O–H groups in total. The number of phenols is 1. The maximum atomic E-state index is 14.1. The molecular formula is C18H12F3NO4. The average molecular weight is 363 g/mol. The van der Waals surface area contributed by atoms with E-state index in [2.05, 4.69) is 4.98 Å². The third kappa shape index (κ3) is 2.79. The average Bonchev–Trinajstić information content (AvgIpc) is 2.61. The standard InChI is InChI=1S/C18H12F3NO4/c1-2-26-18(25)12-15(8-3-5-9(23)6-4-8)22-16-10(17(12)24)7-11(19)13(20)14(16)21/h3-7,23H,2H2,1H3,(H,22,24). The molecule has 3 aromatic rings. The van der Waals surface area contributed by atoms with Crippen LogP contribution in [0.1, 0.15) is 17.3 Å². The third-order valence-corrected chi connectivity index (χ3v) is 3.77. The van der Waals surface area contributed by atoms with Gasteiger partial charge in [0.15, 0.2) is 17.5 Å². The van der Waals surface area contributed by atoms with Gasteiger partial charge < -0.3 is 14.8 Å². The van der Waals surface area contributed by atoms with Gasteiger partial charge in [0.2, 0.25) is 5.43 Å². The predicted molar refractivity (Wildman–Crippen MR) is 87.5 cm³/mol. The number of rotatable bonds is 3. The Morgan fingerprint density at radius 1 is 1.15 bits per heavy atom. The van der Waals surface area contributed by atoms with E-state index < -0.39 is 45.3 Å². The molecule has 0 spiro atoms. The van der Waals surface area contributed by atoms with E-state index in [0.717, 1.165) is 0 Å². The van der Waals surface area contributed by atoms with Gasteiger partial charge in [0, 0.05) is 0 Å². The lowest BCUT2D eigenvalue weighted by Crippen LogP contribution is -2.21. The van der Waals surface area contributed by atoms with Crippen molar-refractivity contribution in [3.63, 3.8) is 0 Å². The van der Waals surface area contributed by atoms with Gasteiger partial charge in [-0.2, -0.15) is 0 Å². The summed E-state index contributed by atoms with van der Waals surface area (Å²) in [5.41, 5.74) is -1.95. The summed E-state index contributed by atoms with van der Waals surface area (Å²) in [6, 6.07) is 5.83. The fraction of sp³-hybridized carbons (Fsp3) is 0.111. The number of aromatic hydroxyl groups is 1. The molecule has 0 bridgehead atoms. The number of pyridine rings is 1. The third-order valence-electron chi connectivity index (χ3n) is 3.77. The minimum atomic E-state index is -1.74. The Morgan fingerprint density at radius 3 is 2.42 bits per heavy atom. The van der Waals surface area contributed by atoms with E-state index in [-0.39, 0.29) is 23.6 Å². The second-order valence-electron chi connectivity index (χ2n) is 5.38. The Morgan fingerprint density at radius 2 is 1.81 bits per heavy atom. The van der Waals surface area contributed by atoms with Crippen molar-refractivity contribution in [3.8, 4) is 17.0 Å². The minimum Gasteiger partial charge on any atom is -0.508 e. The number of benzene rings is 2. The molecule has 0 aliphatic rings. The molecule has 0 unspecified atom stereocenters. The maximum Gasteiger partial charge on any atom is 0.344 e. The van der Waals surface area contributed by atoms with Gasteiger partial charge in [-0.1, -0.05) is 0 Å². The summed E-state index contributed by atoms with van der Waals surface area (Å²) >= 11 is 0. The van der Waals surface area contributed by atoms with Crippen molar-refractivity contribution < 1.29 is 27.8 Å². The normalized spacial score (nSPS) is 10.9. The first-order chi connectivity index (χ1) is 12.3. The highest BCUT2D eigenvalue weighted by Crippen LogP contribution is 2.27. The number of esters is 1. The molecule has 0 atom stereocenters. The van der Waals surface area contributed by atoms with Gasteiger partial charge in [-0.25, -0.2) is 18.0 Å². The van der Waals surface area contributed by atoms with Crippen LogP contribution in [0, 0.1) is 17.5 Å². The fourth-order valence-electron chi connectivity index (χ4n) is 2.57. The number of phenolic OH excluding ortho intramolecular Hbond substituents is 1. The molecule has 5 nitrogen and oxygen atoms in total. The number of carbonyl (C=O) groups excluding carboxylic acids is 1. The lowest BCUT2D eigenvalue weighted by atomic mass is 10.0. The van der Waals surface area contributed by atoms with Crippen LogP contribution in [0.4, 0.5) is 13.2 Å². The van der Waals surface area contributed by atoms with Crippen LogP contribution >= 0.6 is 0 Å². The zero-order valence-electron chi connectivity index (χ0n) is 13.4. The van der Waals surface area contributed by atoms with Crippen molar-refractivity contribution in [1.82, 2.24) is 4.98 Å². The van der Waals surface area contributed by atoms with Crippen LogP contribution in [-0.4, -0.2) is 22.7 Å². The van der Waals surface area contributed by atoms with Crippen molar-refractivity contribution in [3.05, 3.63) is 63.6 Å². The number of hydrogen-bond acceptors (Lipinski definition) is 4. The summed E-state index contributed by atoms with van der Waals surface area (Å²) in [5.74, 6) is -5.94. The van der Waals surface area contributed by atoms with Gasteiger partial charge in [-0.15, -0.1) is 0 Å². The Labute approximate surface area is 144 Å². The molecule has 0 saturated heterocycles. The van der Waals surface area contributed by atoms with Crippen molar-refractivity contribution in [1.29, 1.82) is 0 Å². The van der Waals surface area contributed by atoms with E-state index in [4.69, 9.17) is 4.74 Å². The van der Waals surface area contributed by atoms with Crippen LogP contribution in [0.3, 0.4) is 0 Å². The molecule has 0 aliphatic carbocycles. The van der Waals surface area contributed by atoms with E-state index >= 15 is 0 Å². The molecule has 1 aromatic heterocycles. The SMILES string of the molecule is CCOC(=O)c1c(-c2ccc(O)cc2)[nH]c2c(F)c(F)c(F)cc2c1=O. The number of ether oxygens (including phenoxy) is 1. The highest BCUT2D eigenvalue weighted by molar-refractivity contribution is 6.00. The number of nitrogens with one attached hydrogen (secondary N) is 1. The second kappa shape index (κ2) is 6.55. The predicted octanol–water partition coefficient (Wildman–Crippen LogP) is 3.49. The summed E-state index contributed by atoms with van der Waals surface area (Å²) in [5, 5.41) is 8.87. The number of H-pyrrole nitrogens is 1. The Bertz CT molecular complexity index is 1070. The summed E-state index contributed by atoms with van der Waals surface area (Å²) in [7, 11) is 0. The molecule has 8 heteroatoms. The van der Waals surface area contributed by atoms with Crippen molar-refractivity contribution in [2.45, 2.75) is 6.92 Å². The second-order valence-corrected chi connectivity index (χ2v) is 5.38. The topological polar surface area (TPSA) is 79.4 Å². The van der Waals surface area contributed by atoms with E-state index in [0.29, 0.717) is 6.07 Å². The van der Waals surface area contributed by atoms with E-state index in [1.54, 1.807) is 0 Å². The first-order valence-corrected chi connectivity index (χ1v) is 7.55. The number of halogens is 3. The smallest absolute Gasteiger partial charge is 0.344 e. The summed E-state index contributed by atoms with van der Waals surface area (Å²) in [4.78, 5) is 27.4. The highest BCUT2D eigenvalue weighted by Gasteiger charge is 2.25. The maximum absolute atomic E-state index is 14.1. The van der Waals surface area contributed by atoms with Gasteiger partial charge in [0.05, 0.1) is 23.2 Å². The highest BCUT2D eigenvalue weighted by atomic mass is 19.2. The van der Waals surface area contributed by atoms with Gasteiger partial charge in [0.25, 0.3) is 0 Å². The van der Waals surface area contributed by atoms with Gasteiger partial charge in [-0.3, -0.25) is 4.79 Å². The van der Waals surface area contributed by atoms with Crippen LogP contribution in [0.25, 0.3) is 22.2 Å². The van der Waals surface area contributed by atoms with Crippen LogP contribution in [-0.2, 0) is 4.74 Å². The van der Waals surface area contributed by atoms with E-state index in [9.17, 15) is 27.9 Å². The molecule has 26 heavy (non-hydrogen) atoms. The number of fused-ring (bicyclic) bond motifs is 1. The zero-order chi connectivity index (χ0) is 19.0. The van der Waals surface area contributed by atoms with Crippen LogP contribution in [0.15, 0.2) is 35.1 Å². The molecule has 0 aliphatic heterocycles. The van der Waals surface area contributed by atoms with Crippen molar-refractivity contribution in [2.75, 3.05) is 6.61 Å². The van der Waals surface area contributed by atoms with Crippen LogP contribution in [0.2, 0.25) is 0 Å². The van der Waals surface area contributed by atoms with Gasteiger partial charge in [-0.05, 0) is 42.8 Å². The molecule has 2 aromatic carbocycles. The largest absolute Gasteiger partial charge is 0.508 e. The number of aromatic nitrogens is 1. The molecule has 0 fully saturated rings. The van der Waals surface area contributed by atoms with Crippen molar-refractivity contribution >= 4 is 16.9 Å². The van der Waals surface area contributed by atoms with Gasteiger partial charge in [0.1, 0.15) is 11.3 Å². The molecular weight excluding hydrogens is 351 g/mol. The number of hydrogen-bond donors (Lipinski definition) is 2. The van der Waals surface area contributed by atoms with E-state index in [1.807, 2.05) is 0 Å². The number of carbonyl (C=O) groups is 1. The summed E-state index contributed by atoms with van der Waals surface area (Å²) in [6.07, 6.45) is 0.